The van der Waals surface area contributed by atoms with Crippen molar-refractivity contribution in [2.75, 3.05) is 0 Å². The summed E-state index contributed by atoms with van der Waals surface area (Å²) in [6, 6.07) is 4.97. The van der Waals surface area contributed by atoms with Crippen LogP contribution in [0.3, 0.4) is 0 Å². The molecule has 1 rings (SSSR count). The second-order valence-electron chi connectivity index (χ2n) is 2.93. The summed E-state index contributed by atoms with van der Waals surface area (Å²) in [7, 11) is 0. The predicted molar refractivity (Wildman–Crippen MR) is 57.8 cm³/mol. The first-order valence-electron chi connectivity index (χ1n) is 3.91. The van der Waals surface area contributed by atoms with Gasteiger partial charge in [-0.05, 0) is 30.7 Å². The van der Waals surface area contributed by atoms with Crippen LogP contribution >= 0.6 is 27.5 Å². The van der Waals surface area contributed by atoms with Gasteiger partial charge in [0.25, 0.3) is 0 Å². The first-order chi connectivity index (χ1) is 6.02. The molecule has 1 aromatic rings. The molecule has 13 heavy (non-hydrogen) atoms. The maximum Gasteiger partial charge on any atom is 0.0705 e. The summed E-state index contributed by atoms with van der Waals surface area (Å²) in [6.07, 6.45) is -0.605. The van der Waals surface area contributed by atoms with Gasteiger partial charge in [-0.2, -0.15) is 0 Å². The van der Waals surface area contributed by atoms with Crippen molar-refractivity contribution in [3.63, 3.8) is 0 Å². The van der Waals surface area contributed by atoms with Gasteiger partial charge in [-0.15, -0.1) is 0 Å². The summed E-state index contributed by atoms with van der Waals surface area (Å²) in [4.78, 5) is 0. The van der Waals surface area contributed by atoms with Crippen LogP contribution < -0.4 is 5.73 Å². The lowest BCUT2D eigenvalue weighted by Crippen LogP contribution is -2.23. The van der Waals surface area contributed by atoms with E-state index in [1.54, 1.807) is 13.0 Å². The van der Waals surface area contributed by atoms with Crippen LogP contribution in [0.2, 0.25) is 5.02 Å². The van der Waals surface area contributed by atoms with Crippen molar-refractivity contribution < 1.29 is 5.11 Å². The SMILES string of the molecule is CC(O)[C@@H](N)c1cc(Br)ccc1Cl. The molecule has 0 radical (unpaired) electrons. The molecule has 0 amide bonds. The second-order valence-corrected chi connectivity index (χ2v) is 4.26. The van der Waals surface area contributed by atoms with Crippen molar-refractivity contribution in [1.29, 1.82) is 0 Å². The maximum absolute atomic E-state index is 9.29. The predicted octanol–water partition coefficient (Wildman–Crippen LogP) is 2.48. The van der Waals surface area contributed by atoms with Crippen LogP contribution in [-0.2, 0) is 0 Å². The number of benzene rings is 1. The van der Waals surface area contributed by atoms with Crippen molar-refractivity contribution in [3.05, 3.63) is 33.3 Å². The summed E-state index contributed by atoms with van der Waals surface area (Å²) < 4.78 is 0.906. The Bertz CT molecular complexity index is 304. The Morgan fingerprint density at radius 3 is 2.69 bits per heavy atom. The molecular formula is C9H11BrClNO. The zero-order valence-electron chi connectivity index (χ0n) is 7.17. The van der Waals surface area contributed by atoms with Gasteiger partial charge in [-0.3, -0.25) is 0 Å². The number of aliphatic hydroxyl groups is 1. The quantitative estimate of drug-likeness (QED) is 0.862. The van der Waals surface area contributed by atoms with E-state index in [4.69, 9.17) is 17.3 Å². The van der Waals surface area contributed by atoms with Crippen molar-refractivity contribution in [2.45, 2.75) is 19.1 Å². The third-order valence-electron chi connectivity index (χ3n) is 1.84. The van der Waals surface area contributed by atoms with E-state index in [1.807, 2.05) is 12.1 Å². The highest BCUT2D eigenvalue weighted by Gasteiger charge is 2.15. The van der Waals surface area contributed by atoms with E-state index in [2.05, 4.69) is 15.9 Å². The molecule has 0 saturated heterocycles. The van der Waals surface area contributed by atoms with Gasteiger partial charge in [0.15, 0.2) is 0 Å². The van der Waals surface area contributed by atoms with E-state index in [-0.39, 0.29) is 0 Å². The average molecular weight is 265 g/mol. The highest BCUT2D eigenvalue weighted by Crippen LogP contribution is 2.26. The van der Waals surface area contributed by atoms with Gasteiger partial charge in [0, 0.05) is 9.50 Å². The number of hydrogen-bond donors (Lipinski definition) is 2. The molecular weight excluding hydrogens is 253 g/mol. The highest BCUT2D eigenvalue weighted by atomic mass is 79.9. The third-order valence-corrected chi connectivity index (χ3v) is 2.67. The van der Waals surface area contributed by atoms with E-state index in [0.717, 1.165) is 10.0 Å². The monoisotopic (exact) mass is 263 g/mol. The molecule has 0 spiro atoms. The molecule has 2 nitrogen and oxygen atoms in total. The summed E-state index contributed by atoms with van der Waals surface area (Å²) in [6.45, 7) is 1.64. The standard InChI is InChI=1S/C9H11BrClNO/c1-5(13)9(12)7-4-6(10)2-3-8(7)11/h2-5,9,13H,12H2,1H3/t5?,9-/m1/s1. The first-order valence-corrected chi connectivity index (χ1v) is 5.08. The van der Waals surface area contributed by atoms with Gasteiger partial charge < -0.3 is 10.8 Å². The van der Waals surface area contributed by atoms with Crippen LogP contribution in [0.4, 0.5) is 0 Å². The van der Waals surface area contributed by atoms with Crippen molar-refractivity contribution in [1.82, 2.24) is 0 Å². The number of nitrogens with two attached hydrogens (primary N) is 1. The third kappa shape index (κ3) is 2.68. The maximum atomic E-state index is 9.29. The van der Waals surface area contributed by atoms with Crippen molar-refractivity contribution in [3.8, 4) is 0 Å². The van der Waals surface area contributed by atoms with Gasteiger partial charge in [0.2, 0.25) is 0 Å². The van der Waals surface area contributed by atoms with Gasteiger partial charge in [-0.25, -0.2) is 0 Å². The average Bonchev–Trinajstić information content (AvgIpc) is 2.08. The van der Waals surface area contributed by atoms with E-state index >= 15 is 0 Å². The zero-order chi connectivity index (χ0) is 10.0. The minimum atomic E-state index is -0.605. The van der Waals surface area contributed by atoms with Crippen LogP contribution in [-0.4, -0.2) is 11.2 Å². The molecule has 2 atom stereocenters. The summed E-state index contributed by atoms with van der Waals surface area (Å²) in [5.41, 5.74) is 6.51. The van der Waals surface area contributed by atoms with Gasteiger partial charge in [0.05, 0.1) is 12.1 Å². The molecule has 0 heterocycles. The molecule has 1 unspecified atom stereocenters. The van der Waals surface area contributed by atoms with Crippen LogP contribution in [0.5, 0.6) is 0 Å². The molecule has 0 saturated carbocycles. The van der Waals surface area contributed by atoms with Gasteiger partial charge in [0.1, 0.15) is 0 Å². The Labute approximate surface area is 90.8 Å². The lowest BCUT2D eigenvalue weighted by Gasteiger charge is -2.16. The highest BCUT2D eigenvalue weighted by molar-refractivity contribution is 9.10. The molecule has 1 aromatic carbocycles. The fourth-order valence-corrected chi connectivity index (χ4v) is 1.65. The number of halogens is 2. The molecule has 0 aliphatic rings. The van der Waals surface area contributed by atoms with E-state index < -0.39 is 12.1 Å². The minimum absolute atomic E-state index is 0.440. The molecule has 72 valence electrons. The normalized spacial score (nSPS) is 15.5. The summed E-state index contributed by atoms with van der Waals surface area (Å²) in [5, 5.41) is 9.87. The van der Waals surface area contributed by atoms with E-state index in [1.165, 1.54) is 0 Å². The Balaban J connectivity index is 3.05. The fourth-order valence-electron chi connectivity index (χ4n) is 1.03. The lowest BCUT2D eigenvalue weighted by molar-refractivity contribution is 0.164. The Kier molecular flexibility index (Phi) is 3.74. The molecule has 0 aliphatic carbocycles. The number of hydrogen-bond acceptors (Lipinski definition) is 2. The molecule has 0 aromatic heterocycles. The van der Waals surface area contributed by atoms with Crippen molar-refractivity contribution in [2.24, 2.45) is 5.73 Å². The smallest absolute Gasteiger partial charge is 0.0705 e. The number of aliphatic hydroxyl groups excluding tert-OH is 1. The largest absolute Gasteiger partial charge is 0.391 e. The Hall–Kier alpha value is -0.0900. The molecule has 4 heteroatoms. The van der Waals surface area contributed by atoms with Crippen LogP contribution in [0.1, 0.15) is 18.5 Å². The first kappa shape index (κ1) is 11.0. The molecule has 0 fully saturated rings. The Morgan fingerprint density at radius 2 is 2.15 bits per heavy atom. The summed E-state index contributed by atoms with van der Waals surface area (Å²) in [5.74, 6) is 0. The van der Waals surface area contributed by atoms with Crippen LogP contribution in [0, 0.1) is 0 Å². The zero-order valence-corrected chi connectivity index (χ0v) is 9.51. The minimum Gasteiger partial charge on any atom is -0.391 e. The number of rotatable bonds is 2. The summed E-state index contributed by atoms with van der Waals surface area (Å²) >= 11 is 9.24. The fraction of sp³-hybridized carbons (Fsp3) is 0.333. The van der Waals surface area contributed by atoms with Crippen LogP contribution in [0.15, 0.2) is 22.7 Å². The van der Waals surface area contributed by atoms with Gasteiger partial charge in [-0.1, -0.05) is 27.5 Å². The van der Waals surface area contributed by atoms with Gasteiger partial charge >= 0.3 is 0 Å². The van der Waals surface area contributed by atoms with E-state index in [0.29, 0.717) is 5.02 Å². The Morgan fingerprint density at radius 1 is 1.54 bits per heavy atom. The molecule has 0 aliphatic heterocycles. The van der Waals surface area contributed by atoms with Crippen LogP contribution in [0.25, 0.3) is 0 Å². The topological polar surface area (TPSA) is 46.2 Å². The molecule has 3 N–H and O–H groups in total. The lowest BCUT2D eigenvalue weighted by atomic mass is 10.0. The van der Waals surface area contributed by atoms with Crippen molar-refractivity contribution >= 4 is 27.5 Å². The van der Waals surface area contributed by atoms with E-state index in [9.17, 15) is 5.11 Å². The molecule has 0 bridgehead atoms. The second kappa shape index (κ2) is 4.42.